The van der Waals surface area contributed by atoms with Gasteiger partial charge in [-0.1, -0.05) is 30.4 Å². The Balaban J connectivity index is 1.60. The van der Waals surface area contributed by atoms with Crippen molar-refractivity contribution in [3.63, 3.8) is 0 Å². The second kappa shape index (κ2) is 7.03. The van der Waals surface area contributed by atoms with E-state index in [4.69, 9.17) is 4.74 Å². The van der Waals surface area contributed by atoms with E-state index in [1.807, 2.05) is 0 Å². The fourth-order valence-corrected chi connectivity index (χ4v) is 3.84. The van der Waals surface area contributed by atoms with E-state index in [0.717, 1.165) is 43.7 Å². The van der Waals surface area contributed by atoms with Crippen LogP contribution in [0.25, 0.3) is 6.08 Å². The number of nitrogens with one attached hydrogen (secondary N) is 1. The number of aliphatic hydroxyl groups excluding tert-OH is 1. The second-order valence-electron chi connectivity index (χ2n) is 7.00. The topological polar surface area (TPSA) is 41.5 Å². The molecule has 2 N–H and O–H groups in total. The highest BCUT2D eigenvalue weighted by Crippen LogP contribution is 2.29. The van der Waals surface area contributed by atoms with Gasteiger partial charge in [-0.15, -0.1) is 0 Å². The molecule has 2 aliphatic rings. The minimum atomic E-state index is 0.0976. The van der Waals surface area contributed by atoms with Crippen LogP contribution < -0.4 is 10.1 Å². The summed E-state index contributed by atoms with van der Waals surface area (Å²) in [6, 6.07) is 11.0. The maximum Gasteiger partial charge on any atom is 0.122 e. The number of aryl methyl sites for hydroxylation is 2. The van der Waals surface area contributed by atoms with Crippen LogP contribution in [0.2, 0.25) is 0 Å². The predicted octanol–water partition coefficient (Wildman–Crippen LogP) is 3.71. The molecule has 0 aliphatic carbocycles. The molecule has 2 heterocycles. The molecule has 0 amide bonds. The minimum Gasteiger partial charge on any atom is -0.493 e. The molecule has 3 heteroatoms. The van der Waals surface area contributed by atoms with Crippen molar-refractivity contribution in [1.29, 1.82) is 0 Å². The number of fused-ring (bicyclic) bond motifs is 2. The molecule has 0 saturated heterocycles. The van der Waals surface area contributed by atoms with E-state index < -0.39 is 0 Å². The van der Waals surface area contributed by atoms with Crippen molar-refractivity contribution in [3.05, 3.63) is 69.8 Å². The molecule has 1 unspecified atom stereocenters. The van der Waals surface area contributed by atoms with E-state index in [1.165, 1.54) is 27.8 Å². The number of aliphatic hydroxyl groups is 1. The Hall–Kier alpha value is -2.10. The van der Waals surface area contributed by atoms with Gasteiger partial charge in [-0.2, -0.15) is 0 Å². The van der Waals surface area contributed by atoms with Gasteiger partial charge in [0.15, 0.2) is 0 Å². The van der Waals surface area contributed by atoms with Gasteiger partial charge in [0.25, 0.3) is 0 Å². The molecule has 0 spiro atoms. The first kappa shape index (κ1) is 16.4. The predicted molar refractivity (Wildman–Crippen MR) is 101 cm³/mol. The van der Waals surface area contributed by atoms with Crippen molar-refractivity contribution in [3.8, 4) is 5.75 Å². The van der Waals surface area contributed by atoms with Crippen LogP contribution >= 0.6 is 0 Å². The largest absolute Gasteiger partial charge is 0.493 e. The summed E-state index contributed by atoms with van der Waals surface area (Å²) in [4.78, 5) is 0. The van der Waals surface area contributed by atoms with Crippen molar-refractivity contribution in [1.82, 2.24) is 5.32 Å². The number of rotatable bonds is 3. The van der Waals surface area contributed by atoms with Crippen molar-refractivity contribution >= 4 is 6.08 Å². The number of ether oxygens (including phenoxy) is 1. The Labute approximate surface area is 149 Å². The summed E-state index contributed by atoms with van der Waals surface area (Å²) in [5, 5.41) is 13.2. The summed E-state index contributed by atoms with van der Waals surface area (Å²) in [7, 11) is 0. The first-order valence-electron chi connectivity index (χ1n) is 9.15. The van der Waals surface area contributed by atoms with E-state index in [9.17, 15) is 5.11 Å². The molecule has 3 nitrogen and oxygen atoms in total. The van der Waals surface area contributed by atoms with Crippen molar-refractivity contribution < 1.29 is 9.84 Å². The molecule has 0 saturated carbocycles. The number of hydrogen-bond acceptors (Lipinski definition) is 3. The Kier molecular flexibility index (Phi) is 4.60. The number of benzene rings is 2. The van der Waals surface area contributed by atoms with Crippen LogP contribution in [0.5, 0.6) is 5.75 Å². The Morgan fingerprint density at radius 2 is 2.12 bits per heavy atom. The molecule has 4 rings (SSSR count). The average molecular weight is 335 g/mol. The van der Waals surface area contributed by atoms with Crippen LogP contribution in [0.3, 0.4) is 0 Å². The molecule has 2 aromatic carbocycles. The maximum absolute atomic E-state index is 9.58. The third kappa shape index (κ3) is 3.35. The quantitative estimate of drug-likeness (QED) is 0.898. The van der Waals surface area contributed by atoms with Crippen molar-refractivity contribution in [2.24, 2.45) is 0 Å². The molecule has 130 valence electrons. The lowest BCUT2D eigenvalue weighted by Crippen LogP contribution is -2.28. The first-order valence-corrected chi connectivity index (χ1v) is 9.15. The van der Waals surface area contributed by atoms with Gasteiger partial charge in [-0.05, 0) is 71.7 Å². The second-order valence-corrected chi connectivity index (χ2v) is 7.00. The fourth-order valence-electron chi connectivity index (χ4n) is 3.84. The van der Waals surface area contributed by atoms with Crippen LogP contribution in [-0.4, -0.2) is 18.3 Å². The van der Waals surface area contributed by atoms with Crippen LogP contribution in [0.4, 0.5) is 0 Å². The Morgan fingerprint density at radius 1 is 1.20 bits per heavy atom. The lowest BCUT2D eigenvalue weighted by molar-refractivity contribution is 0.280. The van der Waals surface area contributed by atoms with Crippen molar-refractivity contribution in [2.75, 3.05) is 13.2 Å². The summed E-state index contributed by atoms with van der Waals surface area (Å²) >= 11 is 0. The van der Waals surface area contributed by atoms with Gasteiger partial charge in [0.1, 0.15) is 5.75 Å². The van der Waals surface area contributed by atoms with E-state index in [-0.39, 0.29) is 12.6 Å². The van der Waals surface area contributed by atoms with Gasteiger partial charge in [-0.3, -0.25) is 0 Å². The molecular formula is C22H25NO2. The molecule has 0 radical (unpaired) electrons. The summed E-state index contributed by atoms with van der Waals surface area (Å²) < 4.78 is 5.70. The fraction of sp³-hybridized carbons (Fsp3) is 0.364. The van der Waals surface area contributed by atoms with Crippen molar-refractivity contribution in [2.45, 2.75) is 38.8 Å². The smallest absolute Gasteiger partial charge is 0.122 e. The maximum atomic E-state index is 9.58. The Bertz CT molecular complexity index is 810. The van der Waals surface area contributed by atoms with E-state index in [1.54, 1.807) is 0 Å². The monoisotopic (exact) mass is 335 g/mol. The highest BCUT2D eigenvalue weighted by Gasteiger charge is 2.19. The summed E-state index contributed by atoms with van der Waals surface area (Å²) in [6.07, 6.45) is 7.67. The van der Waals surface area contributed by atoms with Crippen LogP contribution in [0.1, 0.15) is 45.8 Å². The standard InChI is InChI=1S/C22H25NO2/c1-15-11-17-8-9-23-21(20(17)13-19(15)14-24)6-4-16-5-7-22-18(12-16)3-2-10-25-22/h4-7,11-13,21,23-24H,2-3,8-10,14H2,1H3/b6-4+. The van der Waals surface area contributed by atoms with Gasteiger partial charge >= 0.3 is 0 Å². The van der Waals surface area contributed by atoms with Gasteiger partial charge in [0, 0.05) is 6.54 Å². The summed E-state index contributed by atoms with van der Waals surface area (Å²) in [6.45, 7) is 3.99. The molecule has 0 fully saturated rings. The van der Waals surface area contributed by atoms with Crippen LogP contribution in [0, 0.1) is 6.92 Å². The third-order valence-corrected chi connectivity index (χ3v) is 5.28. The molecule has 0 bridgehead atoms. The summed E-state index contributed by atoms with van der Waals surface area (Å²) in [5.74, 6) is 1.03. The molecule has 0 aromatic heterocycles. The summed E-state index contributed by atoms with van der Waals surface area (Å²) in [5.41, 5.74) is 7.41. The number of hydrogen-bond donors (Lipinski definition) is 2. The van der Waals surface area contributed by atoms with E-state index >= 15 is 0 Å². The molecule has 2 aliphatic heterocycles. The normalized spacial score (nSPS) is 19.4. The van der Waals surface area contributed by atoms with Gasteiger partial charge in [0.05, 0.1) is 19.3 Å². The zero-order valence-corrected chi connectivity index (χ0v) is 14.7. The highest BCUT2D eigenvalue weighted by molar-refractivity contribution is 5.55. The lowest BCUT2D eigenvalue weighted by Gasteiger charge is -2.26. The first-order chi connectivity index (χ1) is 12.2. The minimum absolute atomic E-state index is 0.0976. The zero-order chi connectivity index (χ0) is 17.2. The highest BCUT2D eigenvalue weighted by atomic mass is 16.5. The third-order valence-electron chi connectivity index (χ3n) is 5.28. The van der Waals surface area contributed by atoms with Gasteiger partial charge in [0.2, 0.25) is 0 Å². The molecule has 2 aromatic rings. The van der Waals surface area contributed by atoms with Crippen LogP contribution in [-0.2, 0) is 19.4 Å². The van der Waals surface area contributed by atoms with Gasteiger partial charge < -0.3 is 15.2 Å². The molecule has 25 heavy (non-hydrogen) atoms. The van der Waals surface area contributed by atoms with E-state index in [0.29, 0.717) is 0 Å². The van der Waals surface area contributed by atoms with Gasteiger partial charge in [-0.25, -0.2) is 0 Å². The van der Waals surface area contributed by atoms with E-state index in [2.05, 4.69) is 54.7 Å². The zero-order valence-electron chi connectivity index (χ0n) is 14.7. The van der Waals surface area contributed by atoms with Crippen LogP contribution in [0.15, 0.2) is 36.4 Å². The SMILES string of the molecule is Cc1cc2c(cc1CO)C(/C=C/c1ccc3c(c1)CCCO3)NCC2. The molecule has 1 atom stereocenters. The Morgan fingerprint density at radius 3 is 3.00 bits per heavy atom. The average Bonchev–Trinajstić information content (AvgIpc) is 2.65. The molecular weight excluding hydrogens is 310 g/mol. The lowest BCUT2D eigenvalue weighted by atomic mass is 9.89.